The normalized spacial score (nSPS) is 9.62. The first-order chi connectivity index (χ1) is 10.1. The number of carbonyl (C=O) groups excluding carboxylic acids is 1. The van der Waals surface area contributed by atoms with Gasteiger partial charge in [0.1, 0.15) is 5.75 Å². The summed E-state index contributed by atoms with van der Waals surface area (Å²) in [5.41, 5.74) is 7.10. The van der Waals surface area contributed by atoms with Crippen molar-refractivity contribution in [1.29, 1.82) is 0 Å². The van der Waals surface area contributed by atoms with Crippen LogP contribution < -0.4 is 11.1 Å². The van der Waals surface area contributed by atoms with Crippen LogP contribution in [0.3, 0.4) is 0 Å². The summed E-state index contributed by atoms with van der Waals surface area (Å²) < 4.78 is 0.540. The van der Waals surface area contributed by atoms with Crippen molar-refractivity contribution in [3.05, 3.63) is 58.1 Å². The van der Waals surface area contributed by atoms with E-state index in [4.69, 9.17) is 5.73 Å². The maximum absolute atomic E-state index is 12.1. The van der Waals surface area contributed by atoms with E-state index in [1.807, 2.05) is 6.07 Å². The summed E-state index contributed by atoms with van der Waals surface area (Å²) in [6, 6.07) is 11.8. The van der Waals surface area contributed by atoms with Gasteiger partial charge in [-0.05, 0) is 52.3 Å². The van der Waals surface area contributed by atoms with Crippen LogP contribution in [-0.4, -0.2) is 17.6 Å². The lowest BCUT2D eigenvalue weighted by atomic mass is 10.1. The Hall–Kier alpha value is -2.29. The average molecular weight is 345 g/mol. The molecule has 0 bridgehead atoms. The Bertz CT molecular complexity index is 733. The summed E-state index contributed by atoms with van der Waals surface area (Å²) in [6.07, 6.45) is 0. The van der Waals surface area contributed by atoms with Gasteiger partial charge in [-0.1, -0.05) is 17.9 Å². The standard InChI is InChI=1S/C16H13BrN2O2/c17-14-7-6-12(10-15(14)20)16(21)19-13-5-1-3-11(9-13)4-2-8-18/h1,3,5-7,9-10,20H,8,18H2,(H,19,21). The van der Waals surface area contributed by atoms with Gasteiger partial charge in [-0.15, -0.1) is 0 Å². The first-order valence-corrected chi connectivity index (χ1v) is 6.98. The molecule has 106 valence electrons. The van der Waals surface area contributed by atoms with Gasteiger partial charge in [0, 0.05) is 16.8 Å². The number of rotatable bonds is 2. The van der Waals surface area contributed by atoms with Crippen molar-refractivity contribution in [2.75, 3.05) is 11.9 Å². The molecule has 4 nitrogen and oxygen atoms in total. The summed E-state index contributed by atoms with van der Waals surface area (Å²) in [5.74, 6) is 5.37. The summed E-state index contributed by atoms with van der Waals surface area (Å²) in [4.78, 5) is 12.1. The molecule has 5 heteroatoms. The van der Waals surface area contributed by atoms with E-state index in [2.05, 4.69) is 33.1 Å². The SMILES string of the molecule is NCC#Cc1cccc(NC(=O)c2ccc(Br)c(O)c2)c1. The number of hydrogen-bond acceptors (Lipinski definition) is 3. The van der Waals surface area contributed by atoms with Gasteiger partial charge in [-0.3, -0.25) is 4.79 Å². The number of phenolic OH excluding ortho intramolecular Hbond substituents is 1. The maximum Gasteiger partial charge on any atom is 0.255 e. The Morgan fingerprint density at radius 1 is 1.29 bits per heavy atom. The Labute approximate surface area is 131 Å². The first kappa shape index (κ1) is 15.1. The van der Waals surface area contributed by atoms with Gasteiger partial charge in [0.05, 0.1) is 11.0 Å². The highest BCUT2D eigenvalue weighted by molar-refractivity contribution is 9.10. The topological polar surface area (TPSA) is 75.3 Å². The number of aromatic hydroxyl groups is 1. The Kier molecular flexibility index (Phi) is 4.99. The lowest BCUT2D eigenvalue weighted by Gasteiger charge is -2.06. The van der Waals surface area contributed by atoms with E-state index in [0.29, 0.717) is 15.7 Å². The molecule has 2 rings (SSSR count). The average Bonchev–Trinajstić information content (AvgIpc) is 2.48. The number of halogens is 1. The Morgan fingerprint density at radius 3 is 2.81 bits per heavy atom. The van der Waals surface area contributed by atoms with E-state index < -0.39 is 0 Å². The lowest BCUT2D eigenvalue weighted by Crippen LogP contribution is -2.11. The fourth-order valence-electron chi connectivity index (χ4n) is 1.68. The van der Waals surface area contributed by atoms with Crippen molar-refractivity contribution in [1.82, 2.24) is 0 Å². The fraction of sp³-hybridized carbons (Fsp3) is 0.0625. The molecule has 0 saturated heterocycles. The molecular weight excluding hydrogens is 332 g/mol. The molecular formula is C16H13BrN2O2. The van der Waals surface area contributed by atoms with E-state index in [-0.39, 0.29) is 18.2 Å². The molecule has 0 aromatic heterocycles. The molecule has 4 N–H and O–H groups in total. The minimum Gasteiger partial charge on any atom is -0.507 e. The molecule has 1 amide bonds. The predicted octanol–water partition coefficient (Wildman–Crippen LogP) is 2.72. The van der Waals surface area contributed by atoms with Crippen LogP contribution >= 0.6 is 15.9 Å². The van der Waals surface area contributed by atoms with E-state index in [1.54, 1.807) is 30.3 Å². The third-order valence-electron chi connectivity index (χ3n) is 2.66. The third kappa shape index (κ3) is 4.09. The summed E-state index contributed by atoms with van der Waals surface area (Å²) in [7, 11) is 0. The highest BCUT2D eigenvalue weighted by atomic mass is 79.9. The molecule has 0 aliphatic heterocycles. The second kappa shape index (κ2) is 6.93. The molecule has 0 unspecified atom stereocenters. The fourth-order valence-corrected chi connectivity index (χ4v) is 1.93. The van der Waals surface area contributed by atoms with E-state index in [0.717, 1.165) is 5.56 Å². The molecule has 0 aliphatic rings. The van der Waals surface area contributed by atoms with Crippen LogP contribution in [0.15, 0.2) is 46.9 Å². The summed E-state index contributed by atoms with van der Waals surface area (Å²) in [6.45, 7) is 0.286. The quantitative estimate of drug-likeness (QED) is 0.733. The Balaban J connectivity index is 2.17. The molecule has 2 aromatic rings. The van der Waals surface area contributed by atoms with Gasteiger partial charge in [0.2, 0.25) is 0 Å². The molecule has 21 heavy (non-hydrogen) atoms. The largest absolute Gasteiger partial charge is 0.507 e. The maximum atomic E-state index is 12.1. The van der Waals surface area contributed by atoms with Crippen LogP contribution in [0.2, 0.25) is 0 Å². The van der Waals surface area contributed by atoms with Crippen LogP contribution in [-0.2, 0) is 0 Å². The van der Waals surface area contributed by atoms with Crippen LogP contribution in [0.5, 0.6) is 5.75 Å². The zero-order valence-corrected chi connectivity index (χ0v) is 12.6. The third-order valence-corrected chi connectivity index (χ3v) is 3.33. The highest BCUT2D eigenvalue weighted by Crippen LogP contribution is 2.24. The van der Waals surface area contributed by atoms with Gasteiger partial charge in [0.15, 0.2) is 0 Å². The Morgan fingerprint density at radius 2 is 2.10 bits per heavy atom. The van der Waals surface area contributed by atoms with E-state index >= 15 is 0 Å². The minimum atomic E-state index is -0.304. The molecule has 0 aliphatic carbocycles. The minimum absolute atomic E-state index is 0.0187. The van der Waals surface area contributed by atoms with Crippen LogP contribution in [0.25, 0.3) is 0 Å². The van der Waals surface area contributed by atoms with Crippen molar-refractivity contribution >= 4 is 27.5 Å². The molecule has 0 spiro atoms. The van der Waals surface area contributed by atoms with Crippen molar-refractivity contribution < 1.29 is 9.90 Å². The number of benzene rings is 2. The van der Waals surface area contributed by atoms with Crippen LogP contribution in [0.1, 0.15) is 15.9 Å². The molecule has 0 radical (unpaired) electrons. The molecule has 0 atom stereocenters. The first-order valence-electron chi connectivity index (χ1n) is 6.19. The van der Waals surface area contributed by atoms with E-state index in [1.165, 1.54) is 6.07 Å². The second-order valence-electron chi connectivity index (χ2n) is 4.21. The van der Waals surface area contributed by atoms with Crippen molar-refractivity contribution in [3.63, 3.8) is 0 Å². The number of nitrogens with two attached hydrogens (primary N) is 1. The number of phenols is 1. The smallest absolute Gasteiger partial charge is 0.255 e. The van der Waals surface area contributed by atoms with Gasteiger partial charge < -0.3 is 16.2 Å². The predicted molar refractivity (Wildman–Crippen MR) is 86.1 cm³/mol. The number of anilines is 1. The van der Waals surface area contributed by atoms with Crippen molar-refractivity contribution in [2.24, 2.45) is 5.73 Å². The molecule has 0 fully saturated rings. The van der Waals surface area contributed by atoms with Crippen LogP contribution in [0.4, 0.5) is 5.69 Å². The number of amides is 1. The van der Waals surface area contributed by atoms with Crippen molar-refractivity contribution in [2.45, 2.75) is 0 Å². The number of nitrogens with one attached hydrogen (secondary N) is 1. The zero-order chi connectivity index (χ0) is 15.2. The molecule has 0 saturated carbocycles. The monoisotopic (exact) mass is 344 g/mol. The molecule has 2 aromatic carbocycles. The van der Waals surface area contributed by atoms with Gasteiger partial charge >= 0.3 is 0 Å². The molecule has 0 heterocycles. The summed E-state index contributed by atoms with van der Waals surface area (Å²) >= 11 is 3.17. The van der Waals surface area contributed by atoms with Gasteiger partial charge in [-0.25, -0.2) is 0 Å². The van der Waals surface area contributed by atoms with Gasteiger partial charge in [0.25, 0.3) is 5.91 Å². The van der Waals surface area contributed by atoms with Crippen LogP contribution in [0, 0.1) is 11.8 Å². The highest BCUT2D eigenvalue weighted by Gasteiger charge is 2.08. The van der Waals surface area contributed by atoms with E-state index in [9.17, 15) is 9.90 Å². The number of hydrogen-bond donors (Lipinski definition) is 3. The van der Waals surface area contributed by atoms with Crippen molar-refractivity contribution in [3.8, 4) is 17.6 Å². The van der Waals surface area contributed by atoms with Gasteiger partial charge in [-0.2, -0.15) is 0 Å². The zero-order valence-electron chi connectivity index (χ0n) is 11.1. The summed E-state index contributed by atoms with van der Waals surface area (Å²) in [5, 5.41) is 12.4. The lowest BCUT2D eigenvalue weighted by molar-refractivity contribution is 0.102. The second-order valence-corrected chi connectivity index (χ2v) is 5.06. The number of carbonyl (C=O) groups is 1.